The Morgan fingerprint density at radius 1 is 1.26 bits per heavy atom. The van der Waals surface area contributed by atoms with Crippen LogP contribution in [0, 0.1) is 18.3 Å². The Bertz CT molecular complexity index is 1210. The SMILES string of the molecule is Cc1cc(Oc2ncccc2C#N)ccc1NC(=O)CC1Sc2ccccc2NC1=O. The van der Waals surface area contributed by atoms with E-state index in [2.05, 4.69) is 15.6 Å². The fourth-order valence-corrected chi connectivity index (χ4v) is 4.22. The van der Waals surface area contributed by atoms with E-state index in [1.807, 2.05) is 37.3 Å². The molecule has 0 fully saturated rings. The molecule has 2 amide bonds. The van der Waals surface area contributed by atoms with Crippen LogP contribution in [0.15, 0.2) is 65.7 Å². The highest BCUT2D eigenvalue weighted by molar-refractivity contribution is 8.01. The molecule has 1 aliphatic heterocycles. The fourth-order valence-electron chi connectivity index (χ4n) is 3.11. The van der Waals surface area contributed by atoms with Gasteiger partial charge in [-0.05, 0) is 55.0 Å². The van der Waals surface area contributed by atoms with Crippen LogP contribution < -0.4 is 15.4 Å². The molecule has 154 valence electrons. The summed E-state index contributed by atoms with van der Waals surface area (Å²) >= 11 is 1.39. The summed E-state index contributed by atoms with van der Waals surface area (Å²) in [6.45, 7) is 1.84. The van der Waals surface area contributed by atoms with E-state index in [9.17, 15) is 9.59 Å². The number of hydrogen-bond donors (Lipinski definition) is 2. The van der Waals surface area contributed by atoms with Crippen molar-refractivity contribution in [1.29, 1.82) is 5.26 Å². The number of carbonyl (C=O) groups excluding carboxylic acids is 2. The summed E-state index contributed by atoms with van der Waals surface area (Å²) in [6, 6.07) is 18.0. The molecule has 1 unspecified atom stereocenters. The molecule has 7 nitrogen and oxygen atoms in total. The second kappa shape index (κ2) is 8.90. The average Bonchev–Trinajstić information content (AvgIpc) is 2.76. The molecule has 4 rings (SSSR count). The van der Waals surface area contributed by atoms with Gasteiger partial charge in [-0.25, -0.2) is 4.98 Å². The molecule has 1 aliphatic rings. The van der Waals surface area contributed by atoms with E-state index in [4.69, 9.17) is 10.00 Å². The molecule has 1 aromatic heterocycles. The van der Waals surface area contributed by atoms with E-state index in [0.717, 1.165) is 16.1 Å². The number of ether oxygens (including phenoxy) is 1. The van der Waals surface area contributed by atoms with E-state index in [-0.39, 0.29) is 24.1 Å². The number of nitriles is 1. The summed E-state index contributed by atoms with van der Waals surface area (Å²) in [6.07, 6.45) is 1.61. The zero-order valence-electron chi connectivity index (χ0n) is 16.6. The van der Waals surface area contributed by atoms with Gasteiger partial charge in [0.15, 0.2) is 0 Å². The third-order valence-electron chi connectivity index (χ3n) is 4.66. The minimum absolute atomic E-state index is 0.0575. The third-order valence-corrected chi connectivity index (χ3v) is 5.93. The fraction of sp³-hybridized carbons (Fsp3) is 0.130. The number of fused-ring (bicyclic) bond motifs is 1. The number of thioether (sulfide) groups is 1. The molecule has 31 heavy (non-hydrogen) atoms. The number of aromatic nitrogens is 1. The Balaban J connectivity index is 1.41. The minimum Gasteiger partial charge on any atom is -0.438 e. The van der Waals surface area contributed by atoms with E-state index in [1.54, 1.807) is 36.5 Å². The van der Waals surface area contributed by atoms with Crippen molar-refractivity contribution in [2.45, 2.75) is 23.5 Å². The summed E-state index contributed by atoms with van der Waals surface area (Å²) in [5.41, 5.74) is 2.52. The molecule has 0 aliphatic carbocycles. The first-order valence-electron chi connectivity index (χ1n) is 9.53. The molecule has 0 bridgehead atoms. The number of carbonyl (C=O) groups is 2. The largest absolute Gasteiger partial charge is 0.438 e. The van der Waals surface area contributed by atoms with Crippen LogP contribution in [0.3, 0.4) is 0 Å². The van der Waals surface area contributed by atoms with E-state index < -0.39 is 5.25 Å². The second-order valence-corrected chi connectivity index (χ2v) is 8.14. The molecule has 2 aromatic carbocycles. The normalized spacial score (nSPS) is 14.7. The molecule has 0 spiro atoms. The quantitative estimate of drug-likeness (QED) is 0.618. The van der Waals surface area contributed by atoms with Crippen LogP contribution in [0.1, 0.15) is 17.5 Å². The molecule has 2 heterocycles. The number of aryl methyl sites for hydroxylation is 1. The van der Waals surface area contributed by atoms with Crippen molar-refractivity contribution in [2.75, 3.05) is 10.6 Å². The highest BCUT2D eigenvalue weighted by Crippen LogP contribution is 2.36. The van der Waals surface area contributed by atoms with Gasteiger partial charge in [0.25, 0.3) is 0 Å². The van der Waals surface area contributed by atoms with Crippen molar-refractivity contribution in [3.05, 3.63) is 71.9 Å². The zero-order chi connectivity index (χ0) is 21.8. The Morgan fingerprint density at radius 3 is 2.90 bits per heavy atom. The van der Waals surface area contributed by atoms with Crippen LogP contribution in [0.2, 0.25) is 0 Å². The van der Waals surface area contributed by atoms with Gasteiger partial charge >= 0.3 is 0 Å². The zero-order valence-corrected chi connectivity index (χ0v) is 17.4. The van der Waals surface area contributed by atoms with E-state index in [1.165, 1.54) is 11.8 Å². The van der Waals surface area contributed by atoms with Gasteiger partial charge in [-0.2, -0.15) is 5.26 Å². The molecule has 3 aromatic rings. The highest BCUT2D eigenvalue weighted by atomic mass is 32.2. The molecule has 0 radical (unpaired) electrons. The van der Waals surface area contributed by atoms with Gasteiger partial charge in [0.2, 0.25) is 17.7 Å². The predicted octanol–water partition coefficient (Wildman–Crippen LogP) is 4.50. The van der Waals surface area contributed by atoms with E-state index in [0.29, 0.717) is 17.0 Å². The topological polar surface area (TPSA) is 104 Å². The lowest BCUT2D eigenvalue weighted by Gasteiger charge is -2.23. The van der Waals surface area contributed by atoms with Crippen LogP contribution in [-0.4, -0.2) is 22.0 Å². The predicted molar refractivity (Wildman–Crippen MR) is 118 cm³/mol. The standard InChI is InChI=1S/C23H18N4O3S/c1-14-11-16(30-23-15(13-24)5-4-10-25-23)8-9-17(14)26-21(28)12-20-22(29)27-18-6-2-3-7-19(18)31-20/h2-11,20H,12H2,1H3,(H,26,28)(H,27,29). The second-order valence-electron chi connectivity index (χ2n) is 6.89. The summed E-state index contributed by atoms with van der Waals surface area (Å²) < 4.78 is 5.71. The van der Waals surface area contributed by atoms with E-state index >= 15 is 0 Å². The summed E-state index contributed by atoms with van der Waals surface area (Å²) in [4.78, 5) is 29.9. The molecule has 0 saturated heterocycles. The van der Waals surface area contributed by atoms with Crippen molar-refractivity contribution in [1.82, 2.24) is 4.98 Å². The smallest absolute Gasteiger partial charge is 0.238 e. The highest BCUT2D eigenvalue weighted by Gasteiger charge is 2.28. The molecule has 2 N–H and O–H groups in total. The van der Waals surface area contributed by atoms with Gasteiger partial charge in [-0.15, -0.1) is 11.8 Å². The Morgan fingerprint density at radius 2 is 2.10 bits per heavy atom. The number of nitrogens with zero attached hydrogens (tertiary/aromatic N) is 2. The Hall–Kier alpha value is -3.83. The van der Waals surface area contributed by atoms with Crippen LogP contribution in [0.4, 0.5) is 11.4 Å². The molecular formula is C23H18N4O3S. The van der Waals surface area contributed by atoms with Gasteiger partial charge in [-0.3, -0.25) is 9.59 Å². The molecule has 8 heteroatoms. The lowest BCUT2D eigenvalue weighted by atomic mass is 10.1. The van der Waals surface area contributed by atoms with Crippen molar-refractivity contribution in [2.24, 2.45) is 0 Å². The van der Waals surface area contributed by atoms with Crippen molar-refractivity contribution in [3.63, 3.8) is 0 Å². The first-order chi connectivity index (χ1) is 15.0. The molecule has 0 saturated carbocycles. The van der Waals surface area contributed by atoms with Crippen LogP contribution in [0.25, 0.3) is 0 Å². The summed E-state index contributed by atoms with van der Waals surface area (Å²) in [5, 5.41) is 14.4. The first kappa shape index (κ1) is 20.4. The number of amides is 2. The number of pyridine rings is 1. The van der Waals surface area contributed by atoms with Gasteiger partial charge in [0, 0.05) is 23.2 Å². The monoisotopic (exact) mass is 430 g/mol. The van der Waals surface area contributed by atoms with Crippen molar-refractivity contribution in [3.8, 4) is 17.7 Å². The van der Waals surface area contributed by atoms with Gasteiger partial charge in [-0.1, -0.05) is 12.1 Å². The number of para-hydroxylation sites is 1. The van der Waals surface area contributed by atoms with Crippen molar-refractivity contribution < 1.29 is 14.3 Å². The summed E-state index contributed by atoms with van der Waals surface area (Å²) in [7, 11) is 0. The molecular weight excluding hydrogens is 412 g/mol. The number of anilines is 2. The Labute approximate surface area is 183 Å². The maximum atomic E-state index is 12.6. The number of nitrogens with one attached hydrogen (secondary N) is 2. The lowest BCUT2D eigenvalue weighted by Crippen LogP contribution is -2.32. The lowest BCUT2D eigenvalue weighted by molar-refractivity contribution is -0.120. The molecule has 1 atom stereocenters. The minimum atomic E-state index is -0.494. The number of benzene rings is 2. The maximum absolute atomic E-state index is 12.6. The van der Waals surface area contributed by atoms with Crippen LogP contribution in [0.5, 0.6) is 11.6 Å². The van der Waals surface area contributed by atoms with Gasteiger partial charge in [0.05, 0.1) is 10.9 Å². The maximum Gasteiger partial charge on any atom is 0.238 e. The Kier molecular flexibility index (Phi) is 5.87. The summed E-state index contributed by atoms with van der Waals surface area (Å²) in [5.74, 6) is 0.301. The van der Waals surface area contributed by atoms with Crippen LogP contribution in [-0.2, 0) is 9.59 Å². The van der Waals surface area contributed by atoms with Crippen molar-refractivity contribution >= 4 is 35.0 Å². The number of hydrogen-bond acceptors (Lipinski definition) is 6. The van der Waals surface area contributed by atoms with Gasteiger partial charge in [0.1, 0.15) is 17.4 Å². The first-order valence-corrected chi connectivity index (χ1v) is 10.4. The third kappa shape index (κ3) is 4.68. The van der Waals surface area contributed by atoms with Gasteiger partial charge < -0.3 is 15.4 Å². The number of rotatable bonds is 5. The van der Waals surface area contributed by atoms with Crippen LogP contribution >= 0.6 is 11.8 Å². The average molecular weight is 430 g/mol.